The molecule has 0 fully saturated rings. The van der Waals surface area contributed by atoms with Gasteiger partial charge in [0.05, 0.1) is 26.3 Å². The Labute approximate surface area is 166 Å². The molecule has 1 aliphatic rings. The summed E-state index contributed by atoms with van der Waals surface area (Å²) in [5.74, 6) is 1.52. The van der Waals surface area contributed by atoms with Gasteiger partial charge in [-0.3, -0.25) is 0 Å². The van der Waals surface area contributed by atoms with E-state index in [0.717, 1.165) is 16.5 Å². The van der Waals surface area contributed by atoms with Crippen molar-refractivity contribution in [3.05, 3.63) is 52.6 Å². The van der Waals surface area contributed by atoms with Gasteiger partial charge in [-0.15, -0.1) is 0 Å². The topological polar surface area (TPSA) is 56.7 Å². The van der Waals surface area contributed by atoms with Gasteiger partial charge in [0.25, 0.3) is 0 Å². The molecule has 2 aromatic carbocycles. The summed E-state index contributed by atoms with van der Waals surface area (Å²) in [5.41, 5.74) is 2.47. The molecule has 0 saturated heterocycles. The second-order valence-electron chi connectivity index (χ2n) is 6.49. The molecule has 28 heavy (non-hydrogen) atoms. The Kier molecular flexibility index (Phi) is 4.95. The molecule has 0 amide bonds. The van der Waals surface area contributed by atoms with E-state index in [1.165, 1.54) is 12.1 Å². The molecule has 6 nitrogen and oxygen atoms in total. The van der Waals surface area contributed by atoms with Gasteiger partial charge < -0.3 is 19.1 Å². The fourth-order valence-corrected chi connectivity index (χ4v) is 3.77. The highest BCUT2D eigenvalue weighted by atomic mass is 35.5. The predicted molar refractivity (Wildman–Crippen MR) is 105 cm³/mol. The molecule has 3 aromatic rings. The number of ether oxygens (including phenoxy) is 3. The van der Waals surface area contributed by atoms with Gasteiger partial charge in [0, 0.05) is 25.1 Å². The van der Waals surface area contributed by atoms with Gasteiger partial charge in [-0.05, 0) is 40.9 Å². The van der Waals surface area contributed by atoms with E-state index < -0.39 is 0 Å². The zero-order chi connectivity index (χ0) is 19.8. The Morgan fingerprint density at radius 1 is 1.07 bits per heavy atom. The smallest absolute Gasteiger partial charge is 0.224 e. The molecule has 0 N–H and O–H groups in total. The van der Waals surface area contributed by atoms with Crippen LogP contribution in [-0.4, -0.2) is 37.8 Å². The molecule has 0 spiro atoms. The predicted octanol–water partition coefficient (Wildman–Crippen LogP) is 4.15. The van der Waals surface area contributed by atoms with Gasteiger partial charge in [0.1, 0.15) is 17.7 Å². The number of fused-ring (bicyclic) bond motifs is 2. The number of rotatable bonds is 4. The normalized spacial score (nSPS) is 16.2. The largest absolute Gasteiger partial charge is 0.493 e. The molecule has 146 valence electrons. The minimum atomic E-state index is -0.289. The second-order valence-corrected chi connectivity index (χ2v) is 6.83. The monoisotopic (exact) mass is 403 g/mol. The van der Waals surface area contributed by atoms with Crippen LogP contribution in [-0.2, 0) is 11.3 Å². The summed E-state index contributed by atoms with van der Waals surface area (Å²) in [6.45, 7) is 1.05. The summed E-state index contributed by atoms with van der Waals surface area (Å²) < 4.78 is 30.1. The van der Waals surface area contributed by atoms with Crippen molar-refractivity contribution in [2.75, 3.05) is 32.8 Å². The molecule has 0 radical (unpaired) electrons. The van der Waals surface area contributed by atoms with E-state index in [0.29, 0.717) is 35.9 Å². The number of anilines is 1. The van der Waals surface area contributed by atoms with Crippen LogP contribution in [0.15, 0.2) is 30.3 Å². The average molecular weight is 404 g/mol. The fraction of sp³-hybridized carbons (Fsp3) is 0.300. The van der Waals surface area contributed by atoms with E-state index in [1.807, 2.05) is 6.07 Å². The zero-order valence-electron chi connectivity index (χ0n) is 15.7. The first-order valence-corrected chi connectivity index (χ1v) is 9.07. The number of nitrogens with zero attached hydrogens (tertiary/aromatic N) is 3. The number of hydrogen-bond acceptors (Lipinski definition) is 6. The van der Waals surface area contributed by atoms with Crippen LogP contribution >= 0.6 is 11.6 Å². The van der Waals surface area contributed by atoms with Crippen LogP contribution in [0.5, 0.6) is 11.5 Å². The molecule has 1 atom stereocenters. The van der Waals surface area contributed by atoms with Gasteiger partial charge in [-0.25, -0.2) is 9.37 Å². The van der Waals surface area contributed by atoms with Gasteiger partial charge in [-0.1, -0.05) is 6.07 Å². The van der Waals surface area contributed by atoms with Crippen LogP contribution < -0.4 is 14.4 Å². The average Bonchev–Trinajstić information content (AvgIpc) is 2.71. The highest BCUT2D eigenvalue weighted by Crippen LogP contribution is 2.38. The quantitative estimate of drug-likeness (QED) is 0.610. The molecule has 0 aliphatic carbocycles. The van der Waals surface area contributed by atoms with Gasteiger partial charge in [0.15, 0.2) is 11.5 Å². The van der Waals surface area contributed by atoms with Crippen molar-refractivity contribution in [1.82, 2.24) is 9.97 Å². The minimum Gasteiger partial charge on any atom is -0.493 e. The van der Waals surface area contributed by atoms with Crippen molar-refractivity contribution in [1.29, 1.82) is 0 Å². The standard InChI is InChI=1S/C20H19ClFN3O3/c1-26-16-7-14-15(8-17(16)27-2)23-20(21)24-19(14)25-9-11-4-5-12(22)6-13(11)18(10-25)28-3/h4-8,18H,9-10H2,1-3H3. The molecule has 1 aliphatic heterocycles. The van der Waals surface area contributed by atoms with Crippen molar-refractivity contribution in [2.24, 2.45) is 0 Å². The van der Waals surface area contributed by atoms with Crippen molar-refractivity contribution in [2.45, 2.75) is 12.6 Å². The summed E-state index contributed by atoms with van der Waals surface area (Å²) in [7, 11) is 4.76. The maximum absolute atomic E-state index is 13.7. The fourth-order valence-electron chi connectivity index (χ4n) is 3.59. The SMILES string of the molecule is COc1cc2nc(Cl)nc(N3Cc4ccc(F)cc4C(OC)C3)c2cc1OC. The Morgan fingerprint density at radius 2 is 1.82 bits per heavy atom. The Morgan fingerprint density at radius 3 is 2.54 bits per heavy atom. The Balaban J connectivity index is 1.85. The summed E-state index contributed by atoms with van der Waals surface area (Å²) >= 11 is 6.20. The van der Waals surface area contributed by atoms with Crippen LogP contribution in [0, 0.1) is 5.82 Å². The second kappa shape index (κ2) is 7.41. The first-order chi connectivity index (χ1) is 13.5. The molecular formula is C20H19ClFN3O3. The summed E-state index contributed by atoms with van der Waals surface area (Å²) in [6, 6.07) is 8.36. The van der Waals surface area contributed by atoms with E-state index in [9.17, 15) is 4.39 Å². The van der Waals surface area contributed by atoms with E-state index in [4.69, 9.17) is 25.8 Å². The lowest BCUT2D eigenvalue weighted by atomic mass is 9.96. The van der Waals surface area contributed by atoms with E-state index in [-0.39, 0.29) is 17.2 Å². The first-order valence-electron chi connectivity index (χ1n) is 8.69. The lowest BCUT2D eigenvalue weighted by molar-refractivity contribution is 0.102. The molecule has 4 rings (SSSR count). The van der Waals surface area contributed by atoms with Gasteiger partial charge in [-0.2, -0.15) is 4.98 Å². The molecule has 2 heterocycles. The van der Waals surface area contributed by atoms with Gasteiger partial charge >= 0.3 is 0 Å². The summed E-state index contributed by atoms with van der Waals surface area (Å²) in [6.07, 6.45) is -0.289. The number of benzene rings is 2. The van der Waals surface area contributed by atoms with Gasteiger partial charge in [0.2, 0.25) is 5.28 Å². The maximum Gasteiger partial charge on any atom is 0.224 e. The molecule has 8 heteroatoms. The lowest BCUT2D eigenvalue weighted by Gasteiger charge is -2.35. The Bertz CT molecular complexity index is 1050. The van der Waals surface area contributed by atoms with E-state index >= 15 is 0 Å². The highest BCUT2D eigenvalue weighted by molar-refractivity contribution is 6.28. The molecule has 0 saturated carbocycles. The zero-order valence-corrected chi connectivity index (χ0v) is 16.5. The van der Waals surface area contributed by atoms with Crippen LogP contribution in [0.3, 0.4) is 0 Å². The Hall–Kier alpha value is -2.64. The first kappa shape index (κ1) is 18.7. The van der Waals surface area contributed by atoms with Crippen LogP contribution in [0.2, 0.25) is 5.28 Å². The molecule has 1 unspecified atom stereocenters. The minimum absolute atomic E-state index is 0.133. The summed E-state index contributed by atoms with van der Waals surface area (Å²) in [5, 5.41) is 0.913. The molecule has 0 bridgehead atoms. The van der Waals surface area contributed by atoms with Crippen molar-refractivity contribution >= 4 is 28.3 Å². The number of hydrogen-bond donors (Lipinski definition) is 0. The number of methoxy groups -OCH3 is 3. The van der Waals surface area contributed by atoms with Crippen molar-refractivity contribution < 1.29 is 18.6 Å². The molecule has 1 aromatic heterocycles. The number of aromatic nitrogens is 2. The third-order valence-electron chi connectivity index (χ3n) is 4.94. The van der Waals surface area contributed by atoms with E-state index in [2.05, 4.69) is 14.9 Å². The number of halogens is 2. The third-order valence-corrected chi connectivity index (χ3v) is 5.11. The lowest BCUT2D eigenvalue weighted by Crippen LogP contribution is -2.35. The molecular weight excluding hydrogens is 385 g/mol. The van der Waals surface area contributed by atoms with Crippen molar-refractivity contribution in [3.8, 4) is 11.5 Å². The summed E-state index contributed by atoms with van der Waals surface area (Å²) in [4.78, 5) is 10.8. The van der Waals surface area contributed by atoms with Crippen LogP contribution in [0.4, 0.5) is 10.2 Å². The van der Waals surface area contributed by atoms with Crippen LogP contribution in [0.1, 0.15) is 17.2 Å². The third kappa shape index (κ3) is 3.21. The maximum atomic E-state index is 13.7. The highest BCUT2D eigenvalue weighted by Gasteiger charge is 2.28. The van der Waals surface area contributed by atoms with Crippen molar-refractivity contribution in [3.63, 3.8) is 0 Å². The van der Waals surface area contributed by atoms with E-state index in [1.54, 1.807) is 33.5 Å². The van der Waals surface area contributed by atoms with Crippen LogP contribution in [0.25, 0.3) is 10.9 Å².